The number of quaternary nitrogens is 1. The molecule has 0 radical (unpaired) electrons. The van der Waals surface area contributed by atoms with Crippen LogP contribution in [0.25, 0.3) is 0 Å². The molecule has 0 aromatic carbocycles. The zero-order chi connectivity index (χ0) is 30.8. The SMILES string of the molecule is CCCCCCCCCCCCCCCCCCCCCC[N+](C)(C)C(O)CCCCCCCCCCCCCCC.[Cl-]. The van der Waals surface area contributed by atoms with Crippen molar-refractivity contribution in [3.05, 3.63) is 0 Å². The predicted molar refractivity (Wildman–Crippen MR) is 191 cm³/mol. The molecule has 1 N–H and O–H groups in total. The van der Waals surface area contributed by atoms with Crippen molar-refractivity contribution < 1.29 is 22.0 Å². The van der Waals surface area contributed by atoms with Gasteiger partial charge in [0, 0.05) is 6.42 Å². The summed E-state index contributed by atoms with van der Waals surface area (Å²) in [6.07, 6.45) is 47.6. The highest BCUT2D eigenvalue weighted by molar-refractivity contribution is 4.53. The van der Waals surface area contributed by atoms with Crippen LogP contribution >= 0.6 is 0 Å². The van der Waals surface area contributed by atoms with Gasteiger partial charge in [-0.2, -0.15) is 0 Å². The number of unbranched alkanes of at least 4 members (excludes halogenated alkanes) is 31. The molecule has 0 aromatic rings. The standard InChI is InChI=1S/C40H84NO.ClH/c1-5-7-9-11-13-15-17-19-20-21-22-23-24-25-27-29-31-33-35-37-39-41(3,4)40(42)38-36-34-32-30-28-26-18-16-14-12-10-8-6-2;/h40,42H,5-39H2,1-4H3;1H/q+1;/p-1. The maximum Gasteiger partial charge on any atom is 0.190 e. The summed E-state index contributed by atoms with van der Waals surface area (Å²) < 4.78 is 0.789. The fraction of sp³-hybridized carbons (Fsp3) is 1.00. The van der Waals surface area contributed by atoms with E-state index >= 15 is 0 Å². The van der Waals surface area contributed by atoms with E-state index in [0.29, 0.717) is 0 Å². The summed E-state index contributed by atoms with van der Waals surface area (Å²) in [7, 11) is 4.48. The number of aliphatic hydroxyl groups excluding tert-OH is 1. The van der Waals surface area contributed by atoms with E-state index in [2.05, 4.69) is 27.9 Å². The van der Waals surface area contributed by atoms with Crippen molar-refractivity contribution in [2.75, 3.05) is 20.6 Å². The van der Waals surface area contributed by atoms with Crippen molar-refractivity contribution in [2.45, 2.75) is 238 Å². The summed E-state index contributed by atoms with van der Waals surface area (Å²) in [5.74, 6) is 0. The van der Waals surface area contributed by atoms with Crippen molar-refractivity contribution in [3.63, 3.8) is 0 Å². The van der Waals surface area contributed by atoms with Gasteiger partial charge < -0.3 is 22.0 Å². The summed E-state index contributed by atoms with van der Waals surface area (Å²) >= 11 is 0. The second-order valence-electron chi connectivity index (χ2n) is 14.7. The molecule has 3 heteroatoms. The lowest BCUT2D eigenvalue weighted by atomic mass is 10.0. The molecule has 0 saturated heterocycles. The minimum absolute atomic E-state index is 0. The Morgan fingerprint density at radius 2 is 0.558 bits per heavy atom. The van der Waals surface area contributed by atoms with Crippen LogP contribution in [0.5, 0.6) is 0 Å². The van der Waals surface area contributed by atoms with Crippen LogP contribution in [0.1, 0.15) is 232 Å². The summed E-state index contributed by atoms with van der Waals surface area (Å²) in [6, 6.07) is 0. The van der Waals surface area contributed by atoms with Gasteiger partial charge in [0.05, 0.1) is 20.6 Å². The van der Waals surface area contributed by atoms with E-state index in [1.807, 2.05) is 0 Å². The number of hydrogen-bond donors (Lipinski definition) is 1. The van der Waals surface area contributed by atoms with Crippen molar-refractivity contribution in [2.24, 2.45) is 0 Å². The van der Waals surface area contributed by atoms with Crippen LogP contribution < -0.4 is 12.4 Å². The Morgan fingerprint density at radius 3 is 0.814 bits per heavy atom. The van der Waals surface area contributed by atoms with Gasteiger partial charge in [-0.1, -0.05) is 206 Å². The average Bonchev–Trinajstić information content (AvgIpc) is 2.98. The van der Waals surface area contributed by atoms with Gasteiger partial charge >= 0.3 is 0 Å². The molecule has 0 fully saturated rings. The highest BCUT2D eigenvalue weighted by atomic mass is 35.5. The lowest BCUT2D eigenvalue weighted by molar-refractivity contribution is -0.937. The Bertz CT molecular complexity index is 497. The first-order valence-corrected chi connectivity index (χ1v) is 20.0. The molecule has 43 heavy (non-hydrogen) atoms. The third-order valence-corrected chi connectivity index (χ3v) is 9.96. The first-order chi connectivity index (χ1) is 20.5. The van der Waals surface area contributed by atoms with Gasteiger partial charge in [-0.05, 0) is 19.3 Å². The zero-order valence-corrected chi connectivity index (χ0v) is 31.4. The van der Waals surface area contributed by atoms with Crippen LogP contribution in [0.4, 0.5) is 0 Å². The van der Waals surface area contributed by atoms with Gasteiger partial charge in [0.15, 0.2) is 6.23 Å². The van der Waals surface area contributed by atoms with Crippen LogP contribution in [0, 0.1) is 0 Å². The van der Waals surface area contributed by atoms with Gasteiger partial charge in [0.1, 0.15) is 0 Å². The molecule has 0 rings (SSSR count). The maximum atomic E-state index is 10.8. The summed E-state index contributed by atoms with van der Waals surface area (Å²) in [5, 5.41) is 10.8. The van der Waals surface area contributed by atoms with Crippen molar-refractivity contribution in [3.8, 4) is 0 Å². The molecule has 0 bridgehead atoms. The summed E-state index contributed by atoms with van der Waals surface area (Å²) in [5.41, 5.74) is 0. The second kappa shape index (κ2) is 36.7. The summed E-state index contributed by atoms with van der Waals surface area (Å²) in [6.45, 7) is 5.72. The van der Waals surface area contributed by atoms with E-state index in [9.17, 15) is 5.11 Å². The Labute approximate surface area is 280 Å². The normalized spacial score (nSPS) is 12.5. The second-order valence-corrected chi connectivity index (χ2v) is 14.7. The third kappa shape index (κ3) is 34.9. The lowest BCUT2D eigenvalue weighted by Crippen LogP contribution is -3.00. The van der Waals surface area contributed by atoms with E-state index in [1.54, 1.807) is 0 Å². The minimum atomic E-state index is -0.182. The van der Waals surface area contributed by atoms with Crippen LogP contribution in [-0.2, 0) is 0 Å². The number of nitrogens with zero attached hydrogens (tertiary/aromatic N) is 1. The molecule has 262 valence electrons. The molecule has 0 amide bonds. The largest absolute Gasteiger partial charge is 1.00 e. The van der Waals surface area contributed by atoms with Gasteiger partial charge in [-0.15, -0.1) is 0 Å². The molecule has 1 unspecified atom stereocenters. The van der Waals surface area contributed by atoms with Crippen molar-refractivity contribution in [1.29, 1.82) is 0 Å². The van der Waals surface area contributed by atoms with Crippen LogP contribution in [-0.4, -0.2) is 36.5 Å². The monoisotopic (exact) mass is 630 g/mol. The number of halogens is 1. The lowest BCUT2D eigenvalue weighted by Gasteiger charge is -2.35. The van der Waals surface area contributed by atoms with Crippen LogP contribution in [0.15, 0.2) is 0 Å². The zero-order valence-electron chi connectivity index (χ0n) is 30.6. The minimum Gasteiger partial charge on any atom is -1.00 e. The summed E-state index contributed by atoms with van der Waals surface area (Å²) in [4.78, 5) is 0. The third-order valence-electron chi connectivity index (χ3n) is 9.96. The molecule has 0 aromatic heterocycles. The molecule has 0 aliphatic heterocycles. The smallest absolute Gasteiger partial charge is 0.190 e. The molecule has 0 aliphatic rings. The quantitative estimate of drug-likeness (QED) is 0.0415. The van der Waals surface area contributed by atoms with E-state index in [1.165, 1.54) is 212 Å². The Hall–Kier alpha value is 0.210. The van der Waals surface area contributed by atoms with Crippen molar-refractivity contribution in [1.82, 2.24) is 0 Å². The number of hydrogen-bond acceptors (Lipinski definition) is 1. The van der Waals surface area contributed by atoms with E-state index < -0.39 is 0 Å². The van der Waals surface area contributed by atoms with Gasteiger partial charge in [0.2, 0.25) is 0 Å². The van der Waals surface area contributed by atoms with E-state index in [-0.39, 0.29) is 18.6 Å². The fourth-order valence-electron chi connectivity index (χ4n) is 6.62. The van der Waals surface area contributed by atoms with Gasteiger partial charge in [-0.3, -0.25) is 0 Å². The fourth-order valence-corrected chi connectivity index (χ4v) is 6.62. The Morgan fingerprint density at radius 1 is 0.349 bits per heavy atom. The molecule has 1 atom stereocenters. The van der Waals surface area contributed by atoms with Gasteiger partial charge in [0.25, 0.3) is 0 Å². The molecular formula is C40H84ClNO. The Balaban J connectivity index is 0. The molecule has 2 nitrogen and oxygen atoms in total. The topological polar surface area (TPSA) is 20.2 Å². The molecular weight excluding hydrogens is 546 g/mol. The number of aliphatic hydroxyl groups is 1. The van der Waals surface area contributed by atoms with E-state index in [0.717, 1.165) is 17.4 Å². The van der Waals surface area contributed by atoms with Gasteiger partial charge in [-0.25, -0.2) is 0 Å². The average molecular weight is 631 g/mol. The Kier molecular flexibility index (Phi) is 38.7. The highest BCUT2D eigenvalue weighted by Gasteiger charge is 2.24. The van der Waals surface area contributed by atoms with Crippen LogP contribution in [0.2, 0.25) is 0 Å². The first-order valence-electron chi connectivity index (χ1n) is 20.0. The highest BCUT2D eigenvalue weighted by Crippen LogP contribution is 2.18. The maximum absolute atomic E-state index is 10.8. The molecule has 0 heterocycles. The van der Waals surface area contributed by atoms with Crippen molar-refractivity contribution >= 4 is 0 Å². The molecule has 0 saturated carbocycles. The molecule has 0 spiro atoms. The molecule has 0 aliphatic carbocycles. The predicted octanol–water partition coefficient (Wildman–Crippen LogP) is 10.7. The first kappa shape index (κ1) is 45.3. The number of rotatable bonds is 36. The van der Waals surface area contributed by atoms with Crippen LogP contribution in [0.3, 0.4) is 0 Å². The van der Waals surface area contributed by atoms with E-state index in [4.69, 9.17) is 0 Å².